The van der Waals surface area contributed by atoms with Gasteiger partial charge in [0.25, 0.3) is 0 Å². The van der Waals surface area contributed by atoms with E-state index in [-0.39, 0.29) is 6.79 Å². The number of carbonyl (C=O) groups excluding carboxylic acids is 2. The highest BCUT2D eigenvalue weighted by Crippen LogP contribution is 2.50. The number of nitrogens with one attached hydrogen (secondary N) is 1. The molecule has 144 valence electrons. The molecule has 3 aliphatic rings. The number of hydrogen-bond donors (Lipinski definition) is 3. The fraction of sp³-hybridized carbons (Fsp3) is 0.471. The van der Waals surface area contributed by atoms with E-state index in [1.807, 2.05) is 0 Å². The van der Waals surface area contributed by atoms with Gasteiger partial charge in [-0.1, -0.05) is 6.07 Å². The van der Waals surface area contributed by atoms with Crippen molar-refractivity contribution in [3.8, 4) is 11.5 Å². The Morgan fingerprint density at radius 3 is 2.78 bits per heavy atom. The molecule has 9 nitrogen and oxygen atoms in total. The van der Waals surface area contributed by atoms with Gasteiger partial charge in [-0.05, 0) is 31.5 Å². The fourth-order valence-corrected chi connectivity index (χ4v) is 5.27. The molecule has 1 unspecified atom stereocenters. The minimum absolute atomic E-state index is 0.117. The number of rotatable bonds is 4. The highest BCUT2D eigenvalue weighted by atomic mass is 32.2. The molecule has 27 heavy (non-hydrogen) atoms. The zero-order valence-corrected chi connectivity index (χ0v) is 15.5. The molecule has 0 aliphatic carbocycles. The van der Waals surface area contributed by atoms with E-state index in [9.17, 15) is 19.5 Å². The molecule has 2 fully saturated rings. The van der Waals surface area contributed by atoms with Crippen molar-refractivity contribution in [1.82, 2.24) is 10.2 Å². The number of amides is 2. The molecule has 4 atom stereocenters. The van der Waals surface area contributed by atoms with Crippen LogP contribution in [0.5, 0.6) is 11.5 Å². The van der Waals surface area contributed by atoms with Gasteiger partial charge in [0.15, 0.2) is 11.5 Å². The minimum Gasteiger partial charge on any atom is -0.480 e. The van der Waals surface area contributed by atoms with E-state index in [1.165, 1.54) is 16.7 Å². The summed E-state index contributed by atoms with van der Waals surface area (Å²) in [5, 5.41) is 11.7. The second-order valence-corrected chi connectivity index (χ2v) is 8.95. The Bertz CT molecular complexity index is 844. The minimum atomic E-state index is -1.05. The molecule has 1 aromatic carbocycles. The highest BCUT2D eigenvalue weighted by Gasteiger charge is 2.64. The average molecular weight is 393 g/mol. The number of nitrogens with two attached hydrogens (primary N) is 1. The summed E-state index contributed by atoms with van der Waals surface area (Å²) in [6.45, 7) is 3.67. The van der Waals surface area contributed by atoms with Crippen LogP contribution in [0.3, 0.4) is 0 Å². The smallest absolute Gasteiger partial charge is 0.327 e. The number of benzene rings is 1. The van der Waals surface area contributed by atoms with Gasteiger partial charge in [0, 0.05) is 4.75 Å². The first-order valence-electron chi connectivity index (χ1n) is 8.39. The van der Waals surface area contributed by atoms with E-state index in [0.29, 0.717) is 17.1 Å². The summed E-state index contributed by atoms with van der Waals surface area (Å²) in [4.78, 5) is 37.9. The number of carbonyl (C=O) groups is 3. The lowest BCUT2D eigenvalue weighted by Gasteiger charge is -2.43. The maximum atomic E-state index is 12.6. The Hall–Kier alpha value is -2.46. The lowest BCUT2D eigenvalue weighted by Crippen LogP contribution is -2.71. The molecule has 0 bridgehead atoms. The van der Waals surface area contributed by atoms with Crippen molar-refractivity contribution in [2.24, 2.45) is 5.73 Å². The number of nitrogens with zero attached hydrogens (tertiary/aromatic N) is 1. The zero-order chi connectivity index (χ0) is 19.5. The number of carboxylic acids is 1. The van der Waals surface area contributed by atoms with Gasteiger partial charge in [-0.25, -0.2) is 4.79 Å². The molecule has 0 radical (unpaired) electrons. The Morgan fingerprint density at radius 1 is 1.37 bits per heavy atom. The predicted octanol–water partition coefficient (Wildman–Crippen LogP) is 0.0468. The number of aliphatic carboxylic acids is 1. The van der Waals surface area contributed by atoms with Crippen LogP contribution in [0.4, 0.5) is 0 Å². The van der Waals surface area contributed by atoms with Crippen LogP contribution >= 0.6 is 11.8 Å². The SMILES string of the molecule is CC1(C)S[C@@H]2[C@H](NC(=O)C(N)c3ccc4c(c3)OCO4)C(=O)N2[C@H]1C(=O)O. The van der Waals surface area contributed by atoms with E-state index < -0.39 is 46.0 Å². The van der Waals surface area contributed by atoms with Crippen LogP contribution in [0.1, 0.15) is 25.5 Å². The Morgan fingerprint density at radius 2 is 2.07 bits per heavy atom. The van der Waals surface area contributed by atoms with Crippen molar-refractivity contribution >= 4 is 29.5 Å². The van der Waals surface area contributed by atoms with Crippen molar-refractivity contribution < 1.29 is 29.0 Å². The van der Waals surface area contributed by atoms with Crippen molar-refractivity contribution in [3.63, 3.8) is 0 Å². The van der Waals surface area contributed by atoms with Gasteiger partial charge < -0.3 is 30.5 Å². The van der Waals surface area contributed by atoms with Gasteiger partial charge in [0.2, 0.25) is 18.6 Å². The third-order valence-corrected chi connectivity index (χ3v) is 6.58. The van der Waals surface area contributed by atoms with E-state index in [2.05, 4.69) is 5.32 Å². The summed E-state index contributed by atoms with van der Waals surface area (Å²) in [6.07, 6.45) is 0. The average Bonchev–Trinajstić information content (AvgIpc) is 3.18. The first-order chi connectivity index (χ1) is 12.7. The number of β-lactam (4-membered cyclic amide) rings is 1. The number of fused-ring (bicyclic) bond motifs is 2. The molecule has 0 spiro atoms. The molecule has 0 saturated carbocycles. The highest BCUT2D eigenvalue weighted by molar-refractivity contribution is 8.01. The lowest BCUT2D eigenvalue weighted by atomic mass is 9.95. The first-order valence-corrected chi connectivity index (χ1v) is 9.27. The van der Waals surface area contributed by atoms with Crippen LogP contribution in [0.25, 0.3) is 0 Å². The maximum Gasteiger partial charge on any atom is 0.327 e. The van der Waals surface area contributed by atoms with Crippen molar-refractivity contribution in [2.75, 3.05) is 6.79 Å². The van der Waals surface area contributed by atoms with Gasteiger partial charge in [0.1, 0.15) is 23.5 Å². The van der Waals surface area contributed by atoms with Gasteiger partial charge in [-0.15, -0.1) is 11.8 Å². The third-order valence-electron chi connectivity index (χ3n) is 5.01. The number of thioether (sulfide) groups is 1. The lowest BCUT2D eigenvalue weighted by molar-refractivity contribution is -0.161. The molecule has 3 heterocycles. The Kier molecular flexibility index (Phi) is 4.00. The third kappa shape index (κ3) is 2.71. The molecule has 1 aromatic rings. The summed E-state index contributed by atoms with van der Waals surface area (Å²) in [5.74, 6) is -0.870. The van der Waals surface area contributed by atoms with Crippen molar-refractivity contribution in [3.05, 3.63) is 23.8 Å². The van der Waals surface area contributed by atoms with E-state index in [1.54, 1.807) is 32.0 Å². The monoisotopic (exact) mass is 393 g/mol. The summed E-state index contributed by atoms with van der Waals surface area (Å²) in [6, 6.07) is 2.28. The second-order valence-electron chi connectivity index (χ2n) is 7.17. The standard InChI is InChI=1S/C17H19N3O6S/c1-17(2)12(16(23)24)20-14(22)11(15(20)27-17)19-13(21)10(18)7-3-4-8-9(5-7)26-6-25-8/h3-5,10-12,15H,6,18H2,1-2H3,(H,19,21)(H,23,24)/t10?,11-,12+,15-/m1/s1. The van der Waals surface area contributed by atoms with Gasteiger partial charge in [-0.2, -0.15) is 0 Å². The zero-order valence-electron chi connectivity index (χ0n) is 14.7. The fourth-order valence-electron chi connectivity index (χ4n) is 3.65. The van der Waals surface area contributed by atoms with Crippen LogP contribution in [-0.4, -0.2) is 56.8 Å². The predicted molar refractivity (Wildman–Crippen MR) is 95.2 cm³/mol. The molecule has 4 rings (SSSR count). The topological polar surface area (TPSA) is 131 Å². The summed E-state index contributed by atoms with van der Waals surface area (Å²) >= 11 is 1.36. The molecular formula is C17H19N3O6S. The quantitative estimate of drug-likeness (QED) is 0.612. The van der Waals surface area contributed by atoms with Crippen molar-refractivity contribution in [2.45, 2.75) is 42.1 Å². The second kappa shape index (κ2) is 6.03. The van der Waals surface area contributed by atoms with Crippen LogP contribution in [0.15, 0.2) is 18.2 Å². The van der Waals surface area contributed by atoms with Crippen LogP contribution < -0.4 is 20.5 Å². The Balaban J connectivity index is 1.46. The molecule has 3 aliphatic heterocycles. The van der Waals surface area contributed by atoms with E-state index in [4.69, 9.17) is 15.2 Å². The molecule has 2 amide bonds. The molecule has 10 heteroatoms. The molecular weight excluding hydrogens is 374 g/mol. The Labute approximate surface area is 159 Å². The normalized spacial score (nSPS) is 28.3. The van der Waals surface area contributed by atoms with Gasteiger partial charge in [-0.3, -0.25) is 9.59 Å². The molecule has 2 saturated heterocycles. The summed E-state index contributed by atoms with van der Waals surface area (Å²) in [7, 11) is 0. The largest absolute Gasteiger partial charge is 0.480 e. The van der Waals surface area contributed by atoms with Crippen LogP contribution in [0, 0.1) is 0 Å². The molecule has 4 N–H and O–H groups in total. The van der Waals surface area contributed by atoms with E-state index >= 15 is 0 Å². The van der Waals surface area contributed by atoms with Crippen molar-refractivity contribution in [1.29, 1.82) is 0 Å². The summed E-state index contributed by atoms with van der Waals surface area (Å²) < 4.78 is 9.87. The molecule has 0 aromatic heterocycles. The maximum absolute atomic E-state index is 12.6. The van der Waals surface area contributed by atoms with Gasteiger partial charge >= 0.3 is 5.97 Å². The van der Waals surface area contributed by atoms with Crippen LogP contribution in [-0.2, 0) is 14.4 Å². The van der Waals surface area contributed by atoms with Crippen LogP contribution in [0.2, 0.25) is 0 Å². The number of carboxylic acid groups (broad SMARTS) is 1. The number of hydrogen-bond acceptors (Lipinski definition) is 7. The first kappa shape index (κ1) is 17.9. The van der Waals surface area contributed by atoms with E-state index in [0.717, 1.165) is 0 Å². The number of ether oxygens (including phenoxy) is 2. The summed E-state index contributed by atoms with van der Waals surface area (Å²) in [5.41, 5.74) is 6.57. The van der Waals surface area contributed by atoms with Gasteiger partial charge in [0.05, 0.1) is 0 Å².